The summed E-state index contributed by atoms with van der Waals surface area (Å²) >= 11 is 1.86. The van der Waals surface area contributed by atoms with Crippen molar-refractivity contribution in [2.45, 2.75) is 32.2 Å². The fraction of sp³-hybridized carbons (Fsp3) is 0.375. The molecular weight excluding hydrogens is 238 g/mol. The van der Waals surface area contributed by atoms with Crippen LogP contribution in [0.3, 0.4) is 0 Å². The van der Waals surface area contributed by atoms with Gasteiger partial charge < -0.3 is 5.32 Å². The summed E-state index contributed by atoms with van der Waals surface area (Å²) in [7, 11) is 0. The van der Waals surface area contributed by atoms with E-state index in [1.54, 1.807) is 0 Å². The molecule has 0 radical (unpaired) electrons. The summed E-state index contributed by atoms with van der Waals surface area (Å²) in [4.78, 5) is 1.48. The first kappa shape index (κ1) is 13.3. The molecule has 2 heteroatoms. The number of nitrogens with one attached hydrogen (secondary N) is 1. The first-order valence-corrected chi connectivity index (χ1v) is 7.56. The highest BCUT2D eigenvalue weighted by molar-refractivity contribution is 7.09. The van der Waals surface area contributed by atoms with Crippen LogP contribution in [0.15, 0.2) is 47.8 Å². The van der Waals surface area contributed by atoms with Crippen LogP contribution in [0.1, 0.15) is 23.8 Å². The fourth-order valence-electron chi connectivity index (χ4n) is 2.22. The molecule has 0 spiro atoms. The number of hydrogen-bond donors (Lipinski definition) is 1. The molecule has 1 N–H and O–H groups in total. The molecule has 1 nitrogen and oxygen atoms in total. The van der Waals surface area contributed by atoms with Crippen molar-refractivity contribution in [2.24, 2.45) is 0 Å². The Morgan fingerprint density at radius 2 is 1.94 bits per heavy atom. The molecule has 0 aliphatic heterocycles. The Kier molecular flexibility index (Phi) is 5.43. The third-order valence-electron chi connectivity index (χ3n) is 3.14. The van der Waals surface area contributed by atoms with Crippen molar-refractivity contribution in [3.8, 4) is 0 Å². The summed E-state index contributed by atoms with van der Waals surface area (Å²) in [5.74, 6) is 0. The Labute approximate surface area is 114 Å². The maximum Gasteiger partial charge on any atom is 0.0118 e. The van der Waals surface area contributed by atoms with E-state index < -0.39 is 0 Å². The second-order valence-corrected chi connectivity index (χ2v) is 5.59. The van der Waals surface area contributed by atoms with Crippen LogP contribution < -0.4 is 5.32 Å². The normalized spacial score (nSPS) is 12.5. The molecule has 1 heterocycles. The smallest absolute Gasteiger partial charge is 0.0118 e. The van der Waals surface area contributed by atoms with Crippen LogP contribution in [0, 0.1) is 0 Å². The summed E-state index contributed by atoms with van der Waals surface area (Å²) in [6, 6.07) is 15.7. The van der Waals surface area contributed by atoms with Crippen molar-refractivity contribution in [1.82, 2.24) is 5.32 Å². The van der Waals surface area contributed by atoms with Crippen LogP contribution in [-0.2, 0) is 12.8 Å². The molecule has 1 aromatic heterocycles. The predicted octanol–water partition coefficient (Wildman–Crippen LogP) is 3.90. The number of rotatable bonds is 7. The van der Waals surface area contributed by atoms with Crippen LogP contribution >= 0.6 is 11.3 Å². The Morgan fingerprint density at radius 3 is 2.61 bits per heavy atom. The molecular formula is C16H21NS. The van der Waals surface area contributed by atoms with Gasteiger partial charge in [-0.25, -0.2) is 0 Å². The lowest BCUT2D eigenvalue weighted by atomic mass is 10.0. The second kappa shape index (κ2) is 7.34. The van der Waals surface area contributed by atoms with Gasteiger partial charge in [0.2, 0.25) is 0 Å². The highest BCUT2D eigenvalue weighted by Gasteiger charge is 2.09. The van der Waals surface area contributed by atoms with Gasteiger partial charge in [-0.05, 0) is 42.8 Å². The summed E-state index contributed by atoms with van der Waals surface area (Å²) in [6.07, 6.45) is 3.51. The molecule has 2 rings (SSSR count). The zero-order valence-electron chi connectivity index (χ0n) is 10.9. The van der Waals surface area contributed by atoms with Gasteiger partial charge in [-0.3, -0.25) is 0 Å². The van der Waals surface area contributed by atoms with E-state index in [0.717, 1.165) is 19.4 Å². The zero-order valence-corrected chi connectivity index (χ0v) is 11.7. The Morgan fingerprint density at radius 1 is 1.11 bits per heavy atom. The van der Waals surface area contributed by atoms with Gasteiger partial charge in [-0.15, -0.1) is 11.3 Å². The van der Waals surface area contributed by atoms with Crippen LogP contribution in [-0.4, -0.2) is 12.6 Å². The molecule has 18 heavy (non-hydrogen) atoms. The van der Waals surface area contributed by atoms with Gasteiger partial charge >= 0.3 is 0 Å². The quantitative estimate of drug-likeness (QED) is 0.795. The van der Waals surface area contributed by atoms with Gasteiger partial charge in [0.25, 0.3) is 0 Å². The minimum atomic E-state index is 0.592. The van der Waals surface area contributed by atoms with Gasteiger partial charge in [0.1, 0.15) is 0 Å². The third kappa shape index (κ3) is 4.28. The first-order valence-electron chi connectivity index (χ1n) is 6.68. The minimum absolute atomic E-state index is 0.592. The van der Waals surface area contributed by atoms with Crippen molar-refractivity contribution >= 4 is 11.3 Å². The summed E-state index contributed by atoms with van der Waals surface area (Å²) in [5.41, 5.74) is 1.44. The summed E-state index contributed by atoms with van der Waals surface area (Å²) in [5, 5.41) is 5.76. The number of hydrogen-bond acceptors (Lipinski definition) is 2. The lowest BCUT2D eigenvalue weighted by Crippen LogP contribution is -2.31. The van der Waals surface area contributed by atoms with Gasteiger partial charge in [-0.2, -0.15) is 0 Å². The van der Waals surface area contributed by atoms with Crippen molar-refractivity contribution < 1.29 is 0 Å². The largest absolute Gasteiger partial charge is 0.314 e. The van der Waals surface area contributed by atoms with Crippen molar-refractivity contribution in [3.63, 3.8) is 0 Å². The monoisotopic (exact) mass is 259 g/mol. The fourth-order valence-corrected chi connectivity index (χ4v) is 3.01. The van der Waals surface area contributed by atoms with E-state index in [4.69, 9.17) is 0 Å². The number of aryl methyl sites for hydroxylation is 1. The van der Waals surface area contributed by atoms with E-state index >= 15 is 0 Å². The molecule has 1 unspecified atom stereocenters. The molecule has 1 atom stereocenters. The standard InChI is InChI=1S/C16H21NS/c1-2-17-15(13-16-9-6-12-18-16)11-10-14-7-4-3-5-8-14/h3-9,12,15,17H,2,10-11,13H2,1H3. The van der Waals surface area contributed by atoms with E-state index in [-0.39, 0.29) is 0 Å². The molecule has 0 aliphatic rings. The van der Waals surface area contributed by atoms with Gasteiger partial charge in [0.05, 0.1) is 0 Å². The van der Waals surface area contributed by atoms with Crippen molar-refractivity contribution in [2.75, 3.05) is 6.54 Å². The van der Waals surface area contributed by atoms with E-state index in [9.17, 15) is 0 Å². The van der Waals surface area contributed by atoms with E-state index in [1.165, 1.54) is 16.9 Å². The predicted molar refractivity (Wildman–Crippen MR) is 80.3 cm³/mol. The first-order chi connectivity index (χ1) is 8.88. The molecule has 0 bridgehead atoms. The molecule has 2 aromatic rings. The molecule has 1 aromatic carbocycles. The van der Waals surface area contributed by atoms with Crippen LogP contribution in [0.5, 0.6) is 0 Å². The summed E-state index contributed by atoms with van der Waals surface area (Å²) < 4.78 is 0. The van der Waals surface area contributed by atoms with Crippen LogP contribution in [0.4, 0.5) is 0 Å². The summed E-state index contributed by atoms with van der Waals surface area (Å²) in [6.45, 7) is 3.23. The molecule has 0 saturated heterocycles. The lowest BCUT2D eigenvalue weighted by molar-refractivity contribution is 0.494. The molecule has 0 saturated carbocycles. The zero-order chi connectivity index (χ0) is 12.6. The minimum Gasteiger partial charge on any atom is -0.314 e. The molecule has 96 valence electrons. The SMILES string of the molecule is CCNC(CCc1ccccc1)Cc1cccs1. The Hall–Kier alpha value is -1.12. The Balaban J connectivity index is 1.86. The second-order valence-electron chi connectivity index (χ2n) is 4.56. The molecule has 0 fully saturated rings. The van der Waals surface area contributed by atoms with Crippen molar-refractivity contribution in [3.05, 3.63) is 58.3 Å². The molecule has 0 aliphatic carbocycles. The Bertz CT molecular complexity index is 422. The number of thiophene rings is 1. The van der Waals surface area contributed by atoms with Crippen LogP contribution in [0.2, 0.25) is 0 Å². The third-order valence-corrected chi connectivity index (χ3v) is 4.04. The molecule has 0 amide bonds. The van der Waals surface area contributed by atoms with Crippen molar-refractivity contribution in [1.29, 1.82) is 0 Å². The van der Waals surface area contributed by atoms with Crippen LogP contribution in [0.25, 0.3) is 0 Å². The van der Waals surface area contributed by atoms with E-state index in [2.05, 4.69) is 60.1 Å². The number of likely N-dealkylation sites (N-methyl/N-ethyl adjacent to an activating group) is 1. The topological polar surface area (TPSA) is 12.0 Å². The maximum atomic E-state index is 3.60. The average molecular weight is 259 g/mol. The lowest BCUT2D eigenvalue weighted by Gasteiger charge is -2.17. The van der Waals surface area contributed by atoms with Gasteiger partial charge in [-0.1, -0.05) is 43.3 Å². The number of benzene rings is 1. The van der Waals surface area contributed by atoms with Gasteiger partial charge in [0, 0.05) is 10.9 Å². The highest BCUT2D eigenvalue weighted by Crippen LogP contribution is 2.14. The van der Waals surface area contributed by atoms with E-state index in [0.29, 0.717) is 6.04 Å². The average Bonchev–Trinajstić information content (AvgIpc) is 2.90. The maximum absolute atomic E-state index is 3.60. The van der Waals surface area contributed by atoms with E-state index in [1.807, 2.05) is 11.3 Å². The highest BCUT2D eigenvalue weighted by atomic mass is 32.1. The van der Waals surface area contributed by atoms with Gasteiger partial charge in [0.15, 0.2) is 0 Å².